The second-order valence-corrected chi connectivity index (χ2v) is 12.7. The van der Waals surface area contributed by atoms with Crippen molar-refractivity contribution >= 4 is 5.97 Å². The Kier molecular flexibility index (Phi) is 9.71. The monoisotopic (exact) mass is 642 g/mol. The molecule has 5 rings (SSSR count). The van der Waals surface area contributed by atoms with Crippen molar-refractivity contribution in [2.75, 3.05) is 27.2 Å². The van der Waals surface area contributed by atoms with E-state index in [-0.39, 0.29) is 41.3 Å². The molecule has 2 N–H and O–H groups in total. The molecule has 2 heterocycles. The van der Waals surface area contributed by atoms with Crippen molar-refractivity contribution in [2.24, 2.45) is 5.41 Å². The number of aryl methyl sites for hydroxylation is 2. The third-order valence-corrected chi connectivity index (χ3v) is 7.78. The minimum Gasteiger partial charge on any atom is -0.490 e. The summed E-state index contributed by atoms with van der Waals surface area (Å²) >= 11 is 0. The molecule has 0 fully saturated rings. The van der Waals surface area contributed by atoms with E-state index in [2.05, 4.69) is 39.0 Å². The Morgan fingerprint density at radius 2 is 1.85 bits per heavy atom. The van der Waals surface area contributed by atoms with Gasteiger partial charge < -0.3 is 19.3 Å². The number of nitrogens with zero attached hydrogens (tertiary/aromatic N) is 5. The molecule has 1 unspecified atom stereocenters. The lowest BCUT2D eigenvalue weighted by atomic mass is 9.89. The predicted octanol–water partition coefficient (Wildman–Crippen LogP) is 5.66. The first-order valence-corrected chi connectivity index (χ1v) is 15.4. The number of carbonyl (C=O) groups is 1. The predicted molar refractivity (Wildman–Crippen MR) is 175 cm³/mol. The maximum absolute atomic E-state index is 16.6. The van der Waals surface area contributed by atoms with E-state index < -0.39 is 23.4 Å². The van der Waals surface area contributed by atoms with Crippen LogP contribution >= 0.6 is 0 Å². The van der Waals surface area contributed by atoms with Gasteiger partial charge in [-0.3, -0.25) is 4.98 Å². The maximum atomic E-state index is 16.6. The van der Waals surface area contributed by atoms with Crippen molar-refractivity contribution in [1.82, 2.24) is 29.8 Å². The van der Waals surface area contributed by atoms with Crippen molar-refractivity contribution in [2.45, 2.75) is 46.5 Å². The molecule has 0 bridgehead atoms. The minimum absolute atomic E-state index is 0.0910. The Hall–Kier alpha value is -5.10. The van der Waals surface area contributed by atoms with Gasteiger partial charge in [0, 0.05) is 30.0 Å². The summed E-state index contributed by atoms with van der Waals surface area (Å²) in [5, 5.41) is 18.3. The number of H-pyrrole nitrogens is 1. The summed E-state index contributed by atoms with van der Waals surface area (Å²) in [5.74, 6) is -1.31. The highest BCUT2D eigenvalue weighted by molar-refractivity contribution is 5.91. The van der Waals surface area contributed by atoms with Gasteiger partial charge in [-0.05, 0) is 56.3 Å². The number of aromatic carboxylic acids is 1. The molecule has 246 valence electrons. The van der Waals surface area contributed by atoms with Crippen LogP contribution in [0.15, 0.2) is 70.0 Å². The average Bonchev–Trinajstić information content (AvgIpc) is 3.64. The first-order valence-electron chi connectivity index (χ1n) is 15.4. The summed E-state index contributed by atoms with van der Waals surface area (Å²) in [5.41, 5.74) is 1.85. The van der Waals surface area contributed by atoms with E-state index >= 15 is 4.39 Å². The number of aromatic nitrogens is 5. The number of benzene rings is 3. The summed E-state index contributed by atoms with van der Waals surface area (Å²) in [4.78, 5) is 34.4. The van der Waals surface area contributed by atoms with Gasteiger partial charge in [0.05, 0.1) is 23.8 Å². The zero-order chi connectivity index (χ0) is 33.9. The van der Waals surface area contributed by atoms with Crippen molar-refractivity contribution in [3.05, 3.63) is 111 Å². The number of halogens is 1. The van der Waals surface area contributed by atoms with Crippen LogP contribution in [0.1, 0.15) is 65.5 Å². The average molecular weight is 643 g/mol. The molecule has 12 heteroatoms. The molecule has 0 saturated heterocycles. The molecule has 0 amide bonds. The largest absolute Gasteiger partial charge is 0.490 e. The van der Waals surface area contributed by atoms with E-state index in [1.807, 2.05) is 45.3 Å². The van der Waals surface area contributed by atoms with Crippen molar-refractivity contribution in [3.8, 4) is 22.8 Å². The van der Waals surface area contributed by atoms with Gasteiger partial charge in [-0.1, -0.05) is 68.4 Å². The number of hydrogen-bond acceptors (Lipinski definition) is 8. The first kappa shape index (κ1) is 33.3. The molecule has 3 aromatic carbocycles. The number of carboxylic acids is 1. The van der Waals surface area contributed by atoms with Gasteiger partial charge in [-0.25, -0.2) is 14.0 Å². The summed E-state index contributed by atoms with van der Waals surface area (Å²) in [7, 11) is 3.96. The van der Waals surface area contributed by atoms with Crippen molar-refractivity contribution < 1.29 is 23.6 Å². The third-order valence-electron chi connectivity index (χ3n) is 7.78. The summed E-state index contributed by atoms with van der Waals surface area (Å²) in [6.45, 7) is 8.84. The quantitative estimate of drug-likeness (QED) is 0.167. The number of aromatic amines is 1. The molecule has 47 heavy (non-hydrogen) atoms. The second-order valence-electron chi connectivity index (χ2n) is 12.7. The van der Waals surface area contributed by atoms with E-state index in [1.54, 1.807) is 31.2 Å². The topological polar surface area (TPSA) is 139 Å². The van der Waals surface area contributed by atoms with Crippen LogP contribution in [0, 0.1) is 18.2 Å². The lowest BCUT2D eigenvalue weighted by molar-refractivity contribution is 0.0696. The zero-order valence-electron chi connectivity index (χ0n) is 27.4. The molecular weight excluding hydrogens is 603 g/mol. The normalized spacial score (nSPS) is 12.4. The second kappa shape index (κ2) is 13.7. The van der Waals surface area contributed by atoms with Crippen molar-refractivity contribution in [1.29, 1.82) is 0 Å². The van der Waals surface area contributed by atoms with Gasteiger partial charge in [-0.15, -0.1) is 5.10 Å². The molecule has 0 saturated carbocycles. The molecule has 0 aliphatic heterocycles. The highest BCUT2D eigenvalue weighted by Gasteiger charge is 2.28. The van der Waals surface area contributed by atoms with Crippen LogP contribution in [-0.4, -0.2) is 68.1 Å². The lowest BCUT2D eigenvalue weighted by Crippen LogP contribution is -2.33. The summed E-state index contributed by atoms with van der Waals surface area (Å²) < 4.78 is 28.8. The Morgan fingerprint density at radius 1 is 1.13 bits per heavy atom. The van der Waals surface area contributed by atoms with Crippen molar-refractivity contribution in [3.63, 3.8) is 0 Å². The standard InChI is InChI=1S/C35H39FN6O5/c1-7-22-16-26(30(36)29(18-22)46-20-35(3,4)19-41(5)6)27(17-23-12-14-24(15-13-23)31-37-21(2)47-40-31)32-38-34(45)42(39-32)28-11-9-8-10-25(28)33(43)44/h8-16,18,27H,7,17,19-20H2,1-6H3,(H,43,44)(H,38,39,45). The molecule has 1 atom stereocenters. The fourth-order valence-electron chi connectivity index (χ4n) is 5.71. The fourth-order valence-corrected chi connectivity index (χ4v) is 5.71. The molecule has 0 aliphatic rings. The Labute approximate surface area is 272 Å². The van der Waals surface area contributed by atoms with Gasteiger partial charge in [-0.2, -0.15) is 9.67 Å². The highest BCUT2D eigenvalue weighted by Crippen LogP contribution is 2.35. The van der Waals surface area contributed by atoms with Gasteiger partial charge >= 0.3 is 11.7 Å². The van der Waals surface area contributed by atoms with Crippen LogP contribution in [0.3, 0.4) is 0 Å². The van der Waals surface area contributed by atoms with Gasteiger partial charge in [0.25, 0.3) is 0 Å². The lowest BCUT2D eigenvalue weighted by Gasteiger charge is -2.28. The molecule has 2 aromatic heterocycles. The van der Waals surface area contributed by atoms with E-state index in [0.717, 1.165) is 27.9 Å². The number of nitrogens with one attached hydrogen (secondary N) is 1. The zero-order valence-corrected chi connectivity index (χ0v) is 27.4. The third kappa shape index (κ3) is 7.66. The van der Waals surface area contributed by atoms with Crippen LogP contribution in [0.5, 0.6) is 5.75 Å². The molecule has 0 aliphatic carbocycles. The number of hydrogen-bond donors (Lipinski definition) is 2. The van der Waals surface area contributed by atoms with Crippen LogP contribution in [0.2, 0.25) is 0 Å². The van der Waals surface area contributed by atoms with E-state index in [1.165, 1.54) is 12.1 Å². The van der Waals surface area contributed by atoms with Gasteiger partial charge in [0.15, 0.2) is 11.6 Å². The van der Waals surface area contributed by atoms with E-state index in [4.69, 9.17) is 9.26 Å². The van der Waals surface area contributed by atoms with Crippen LogP contribution < -0.4 is 10.4 Å². The van der Waals surface area contributed by atoms with Crippen LogP contribution in [-0.2, 0) is 12.8 Å². The van der Waals surface area contributed by atoms with Gasteiger partial charge in [0.1, 0.15) is 5.82 Å². The van der Waals surface area contributed by atoms with Gasteiger partial charge in [0.2, 0.25) is 11.7 Å². The first-order chi connectivity index (χ1) is 22.3. The molecule has 5 aromatic rings. The Balaban J connectivity index is 1.60. The SMILES string of the molecule is CCc1cc(OCC(C)(C)CN(C)C)c(F)c(C(Cc2ccc(-c3noc(C)n3)cc2)c2nn(-c3ccccc3C(=O)O)c(=O)[nH]2)c1. The van der Waals surface area contributed by atoms with E-state index in [9.17, 15) is 14.7 Å². The van der Waals surface area contributed by atoms with Crippen LogP contribution in [0.4, 0.5) is 4.39 Å². The molecule has 0 spiro atoms. The molecule has 0 radical (unpaired) electrons. The Morgan fingerprint density at radius 3 is 2.49 bits per heavy atom. The maximum Gasteiger partial charge on any atom is 0.348 e. The molecule has 11 nitrogen and oxygen atoms in total. The summed E-state index contributed by atoms with van der Waals surface area (Å²) in [6.07, 6.45) is 0.877. The number of carboxylic acid groups (broad SMARTS) is 1. The fraction of sp³-hybridized carbons (Fsp3) is 0.343. The molecular formula is C35H39FN6O5. The number of para-hydroxylation sites is 1. The minimum atomic E-state index is -1.20. The van der Waals surface area contributed by atoms with E-state index in [0.29, 0.717) is 23.7 Å². The Bertz CT molecular complexity index is 1930. The number of ether oxygens (including phenoxy) is 1. The summed E-state index contributed by atoms with van der Waals surface area (Å²) in [6, 6.07) is 17.0. The van der Waals surface area contributed by atoms with Crippen LogP contribution in [0.25, 0.3) is 17.1 Å². The highest BCUT2D eigenvalue weighted by atomic mass is 19.1. The smallest absolute Gasteiger partial charge is 0.348 e. The number of rotatable bonds is 13.